The van der Waals surface area contributed by atoms with Gasteiger partial charge in [0.05, 0.1) is 38.8 Å². The highest BCUT2D eigenvalue weighted by Gasteiger charge is 2.19. The molecule has 0 spiro atoms. The Hall–Kier alpha value is -4.13. The molecule has 28 heavy (non-hydrogen) atoms. The third kappa shape index (κ3) is 3.05. The van der Waals surface area contributed by atoms with Gasteiger partial charge >= 0.3 is 5.97 Å². The van der Waals surface area contributed by atoms with Gasteiger partial charge in [-0.05, 0) is 48.3 Å². The Balaban J connectivity index is 2.26. The molecule has 4 aromatic rings. The molecule has 3 N–H and O–H groups in total. The zero-order valence-electron chi connectivity index (χ0n) is 28.5. The predicted octanol–water partition coefficient (Wildman–Crippen LogP) is 3.71. The summed E-state index contributed by atoms with van der Waals surface area (Å²) in [5, 5.41) is 16.8. The lowest BCUT2D eigenvalue weighted by Gasteiger charge is -2.07. The van der Waals surface area contributed by atoms with Crippen LogP contribution in [0.3, 0.4) is 0 Å². The number of phenolic OH excluding ortho intramolecular Hbond substituents is 2. The minimum absolute atomic E-state index is 0.527. The molecule has 4 rings (SSSR count). The molecule has 0 aliphatic heterocycles. The van der Waals surface area contributed by atoms with Crippen LogP contribution in [0, 0.1) is 0 Å². The zero-order chi connectivity index (χ0) is 32.2. The molecule has 0 fully saturated rings. The maximum atomic E-state index is 12.0. The minimum Gasteiger partial charge on any atom is -0.507 e. The largest absolute Gasteiger partial charge is 0.507 e. The molecule has 0 saturated carbocycles. The smallest absolute Gasteiger partial charge is 0.335 e. The predicted molar refractivity (Wildman–Crippen MR) is 103 cm³/mol. The number of nitrogens with zero attached hydrogens (tertiary/aromatic N) is 3. The van der Waals surface area contributed by atoms with Crippen LogP contribution in [0.4, 0.5) is 0 Å². The van der Waals surface area contributed by atoms with E-state index in [0.717, 1.165) is 0 Å². The van der Waals surface area contributed by atoms with Crippen molar-refractivity contribution >= 4 is 5.97 Å². The van der Waals surface area contributed by atoms with Gasteiger partial charge in [-0.3, -0.25) is 0 Å². The molecule has 0 unspecified atom stereocenters. The topological polar surface area (TPSA) is 108 Å². The Labute approximate surface area is 181 Å². The quantitative estimate of drug-likeness (QED) is 0.465. The normalized spacial score (nSPS) is 17.8. The van der Waals surface area contributed by atoms with Crippen molar-refractivity contribution in [3.05, 3.63) is 78.1 Å². The van der Waals surface area contributed by atoms with Gasteiger partial charge in [0.2, 0.25) is 0 Å². The van der Waals surface area contributed by atoms with E-state index in [0.29, 0.717) is 4.68 Å². The Morgan fingerprint density at radius 2 is 1.54 bits per heavy atom. The summed E-state index contributed by atoms with van der Waals surface area (Å²) in [7, 11) is 0. The fraction of sp³-hybridized carbons (Fsp3) is 0. The summed E-state index contributed by atoms with van der Waals surface area (Å²) in [6.07, 6.45) is 0. The number of carboxylic acid groups (broad SMARTS) is 1. The number of benzene rings is 3. The van der Waals surface area contributed by atoms with Crippen LogP contribution < -0.4 is 0 Å². The van der Waals surface area contributed by atoms with E-state index in [9.17, 15) is 4.79 Å². The molecule has 0 aliphatic carbocycles. The van der Waals surface area contributed by atoms with Crippen molar-refractivity contribution in [3.8, 4) is 40.0 Å². The first-order valence-corrected chi connectivity index (χ1v) is 7.38. The third-order valence-corrected chi connectivity index (χ3v) is 3.39. The Bertz CT molecular complexity index is 1820. The van der Waals surface area contributed by atoms with Crippen molar-refractivity contribution in [2.45, 2.75) is 0 Å². The standard InChI is InChI=1S/C21H15N3O4/c25-17-7-3-1-5-15(17)19-22-20(16-6-2-4-8-18(16)26)24(23-19)14-11-9-13(10-12-14)21(27)28/h1-12,25-26H,(H,27,28)/i1D,2D,3D,4D,5D,6D,7D,8D,9D,10D,11D,12D/hD3. The molecule has 0 amide bonds. The Morgan fingerprint density at radius 1 is 0.893 bits per heavy atom. The maximum Gasteiger partial charge on any atom is 0.335 e. The SMILES string of the molecule is [2H]OC(=O)c1c([2H])c([2H])c(-n2nc(-c3c([2H])c([2H])c([2H])c([2H])c3O[2H])nc2-c2c([2H])c([2H])c([2H])c([2H])c2O[2H])c([2H])c1[2H]. The van der Waals surface area contributed by atoms with E-state index in [1.807, 2.05) is 0 Å². The summed E-state index contributed by atoms with van der Waals surface area (Å²) in [5.41, 5.74) is -3.00. The average Bonchev–Trinajstić information content (AvgIpc) is 3.40. The molecule has 0 bridgehead atoms. The van der Waals surface area contributed by atoms with Crippen LogP contribution in [0.1, 0.15) is 26.8 Å². The highest BCUT2D eigenvalue weighted by molar-refractivity contribution is 5.87. The number of hydrogen-bond donors (Lipinski definition) is 3. The molecule has 0 radical (unpaired) electrons. The molecular weight excluding hydrogens is 358 g/mol. The van der Waals surface area contributed by atoms with Gasteiger partial charge in [-0.1, -0.05) is 24.2 Å². The highest BCUT2D eigenvalue weighted by atomic mass is 16.4. The van der Waals surface area contributed by atoms with E-state index in [1.165, 1.54) is 0 Å². The van der Waals surface area contributed by atoms with E-state index >= 15 is 0 Å². The molecule has 7 nitrogen and oxygen atoms in total. The van der Waals surface area contributed by atoms with Crippen molar-refractivity contribution in [1.29, 1.82) is 4.29 Å². The first-order chi connectivity index (χ1) is 20.2. The second kappa shape index (κ2) is 6.88. The van der Waals surface area contributed by atoms with Gasteiger partial charge < -0.3 is 15.3 Å². The average molecular weight is 388 g/mol. The van der Waals surface area contributed by atoms with Gasteiger partial charge in [-0.15, -0.1) is 5.10 Å². The van der Waals surface area contributed by atoms with Crippen LogP contribution in [0.2, 0.25) is 0 Å². The fourth-order valence-corrected chi connectivity index (χ4v) is 2.17. The van der Waals surface area contributed by atoms with Crippen LogP contribution in [0.25, 0.3) is 29.9 Å². The molecule has 3 aromatic carbocycles. The van der Waals surface area contributed by atoms with Gasteiger partial charge in [-0.2, -0.15) is 0 Å². The lowest BCUT2D eigenvalue weighted by atomic mass is 10.1. The summed E-state index contributed by atoms with van der Waals surface area (Å²) in [6, 6.07) is -10.5. The van der Waals surface area contributed by atoms with Gasteiger partial charge in [0.1, 0.15) is 11.5 Å². The molecular formula is C21H15N3O4. The molecule has 0 saturated heterocycles. The van der Waals surface area contributed by atoms with Crippen LogP contribution in [-0.2, 0) is 0 Å². The van der Waals surface area contributed by atoms with Crippen molar-refractivity contribution < 1.29 is 36.6 Å². The highest BCUT2D eigenvalue weighted by Crippen LogP contribution is 2.33. The Morgan fingerprint density at radius 3 is 2.21 bits per heavy atom. The Kier molecular flexibility index (Phi) is 1.75. The van der Waals surface area contributed by atoms with Crippen molar-refractivity contribution in [1.82, 2.24) is 14.8 Å². The van der Waals surface area contributed by atoms with E-state index in [2.05, 4.69) is 25.4 Å². The minimum atomic E-state index is -1.53. The number of carbonyl (C=O) groups is 1. The van der Waals surface area contributed by atoms with Crippen LogP contribution >= 0.6 is 0 Å². The van der Waals surface area contributed by atoms with E-state index in [1.54, 1.807) is 0 Å². The first kappa shape index (κ1) is 7.12. The van der Waals surface area contributed by atoms with Crippen molar-refractivity contribution in [2.75, 3.05) is 0 Å². The van der Waals surface area contributed by atoms with Crippen molar-refractivity contribution in [3.63, 3.8) is 0 Å². The summed E-state index contributed by atoms with van der Waals surface area (Å²) in [5.74, 6) is -4.52. The number of aromatic carboxylic acids is 1. The number of aromatic nitrogens is 3. The number of para-hydroxylation sites is 2. The monoisotopic (exact) mass is 388 g/mol. The second-order valence-corrected chi connectivity index (χ2v) is 5.09. The zero-order valence-corrected chi connectivity index (χ0v) is 13.5. The summed E-state index contributed by atoms with van der Waals surface area (Å²) in [4.78, 5) is 16.2. The molecule has 1 heterocycles. The van der Waals surface area contributed by atoms with Crippen LogP contribution in [-0.4, -0.2) is 38.9 Å². The lowest BCUT2D eigenvalue weighted by Crippen LogP contribution is -2.02. The van der Waals surface area contributed by atoms with E-state index < -0.39 is 124 Å². The second-order valence-electron chi connectivity index (χ2n) is 5.09. The maximum absolute atomic E-state index is 12.0. The van der Waals surface area contributed by atoms with E-state index in [-0.39, 0.29) is 0 Å². The number of hydrogen-bond acceptors (Lipinski definition) is 6. The van der Waals surface area contributed by atoms with Gasteiger partial charge in [0.25, 0.3) is 4.29 Å². The fourth-order valence-electron chi connectivity index (χ4n) is 2.17. The summed E-state index contributed by atoms with van der Waals surface area (Å²) < 4.78 is 121. The molecule has 1 aromatic heterocycles. The molecule has 138 valence electrons. The summed E-state index contributed by atoms with van der Waals surface area (Å²) in [6.45, 7) is 0. The third-order valence-electron chi connectivity index (χ3n) is 3.39. The molecule has 0 atom stereocenters. The van der Waals surface area contributed by atoms with Crippen LogP contribution in [0.5, 0.6) is 11.5 Å². The molecule has 7 heteroatoms. The number of phenols is 2. The summed E-state index contributed by atoms with van der Waals surface area (Å²) >= 11 is 0. The van der Waals surface area contributed by atoms with E-state index in [4.69, 9.17) is 20.7 Å². The number of carboxylic acids is 1. The number of aromatic hydroxyl groups is 2. The van der Waals surface area contributed by atoms with Gasteiger partial charge in [0.15, 0.2) is 11.6 Å². The van der Waals surface area contributed by atoms with Gasteiger partial charge in [0, 0.05) is 0 Å². The van der Waals surface area contributed by atoms with Crippen molar-refractivity contribution in [2.24, 2.45) is 0 Å². The first-order valence-electron chi connectivity index (χ1n) is 14.6. The molecule has 0 aliphatic rings. The van der Waals surface area contributed by atoms with Crippen LogP contribution in [0.15, 0.2) is 72.5 Å². The van der Waals surface area contributed by atoms with Gasteiger partial charge in [-0.25, -0.2) is 14.5 Å². The lowest BCUT2D eigenvalue weighted by molar-refractivity contribution is 0.0697. The number of rotatable bonds is 6.